The standard InChI is InChI=1S/C25H39N3O4S/c1-9-16-11-10-14-28(22(29)31-23(2,3)4)20(16)21-26-18-13-12-17(15-19(18)27-21)33-32-25(7,8)24(5,6)30/h12-13,15-16,20,30H,9-11,14H2,1-8H3,(H,26,27). The van der Waals surface area contributed by atoms with Crippen LogP contribution in [0.1, 0.15) is 86.5 Å². The van der Waals surface area contributed by atoms with Crippen molar-refractivity contribution in [3.05, 3.63) is 24.0 Å². The first-order valence-corrected chi connectivity index (χ1v) is 12.5. The molecule has 0 radical (unpaired) electrons. The van der Waals surface area contributed by atoms with E-state index in [4.69, 9.17) is 13.9 Å². The molecular formula is C25H39N3O4S. The number of carbonyl (C=O) groups excluding carboxylic acids is 1. The molecule has 2 unspecified atom stereocenters. The Kier molecular flexibility index (Phi) is 7.42. The van der Waals surface area contributed by atoms with E-state index >= 15 is 0 Å². The summed E-state index contributed by atoms with van der Waals surface area (Å²) >= 11 is 1.24. The van der Waals surface area contributed by atoms with Gasteiger partial charge in [-0.2, -0.15) is 0 Å². The molecule has 1 aliphatic rings. The van der Waals surface area contributed by atoms with Crippen LogP contribution >= 0.6 is 12.0 Å². The molecule has 1 saturated heterocycles. The zero-order chi connectivity index (χ0) is 24.6. The number of ether oxygens (including phenoxy) is 1. The summed E-state index contributed by atoms with van der Waals surface area (Å²) in [6.45, 7) is 15.7. The third-order valence-corrected chi connectivity index (χ3v) is 7.43. The predicted molar refractivity (Wildman–Crippen MR) is 132 cm³/mol. The number of aromatic nitrogens is 2. The second kappa shape index (κ2) is 9.47. The third kappa shape index (κ3) is 6.03. The van der Waals surface area contributed by atoms with Crippen LogP contribution in [0.15, 0.2) is 23.1 Å². The lowest BCUT2D eigenvalue weighted by Crippen LogP contribution is -2.45. The Labute approximate surface area is 201 Å². The molecular weight excluding hydrogens is 438 g/mol. The molecule has 0 spiro atoms. The molecule has 184 valence electrons. The van der Waals surface area contributed by atoms with Crippen LogP contribution in [-0.2, 0) is 8.92 Å². The lowest BCUT2D eigenvalue weighted by atomic mass is 9.87. The van der Waals surface area contributed by atoms with E-state index < -0.39 is 16.8 Å². The van der Waals surface area contributed by atoms with Gasteiger partial charge in [-0.15, -0.1) is 0 Å². The minimum atomic E-state index is -0.980. The van der Waals surface area contributed by atoms with Gasteiger partial charge in [-0.3, -0.25) is 4.90 Å². The highest BCUT2D eigenvalue weighted by Gasteiger charge is 2.39. The minimum Gasteiger partial charge on any atom is -0.444 e. The lowest BCUT2D eigenvalue weighted by Gasteiger charge is -2.40. The number of amides is 1. The van der Waals surface area contributed by atoms with Crippen LogP contribution in [0, 0.1) is 5.92 Å². The van der Waals surface area contributed by atoms with Crippen molar-refractivity contribution in [1.29, 1.82) is 0 Å². The first kappa shape index (κ1) is 25.8. The molecule has 8 heteroatoms. The number of hydrogen-bond donors (Lipinski definition) is 2. The van der Waals surface area contributed by atoms with E-state index in [0.717, 1.165) is 41.0 Å². The van der Waals surface area contributed by atoms with E-state index in [2.05, 4.69) is 11.9 Å². The number of nitrogens with zero attached hydrogens (tertiary/aromatic N) is 2. The number of benzene rings is 1. The highest BCUT2D eigenvalue weighted by atomic mass is 32.2. The van der Waals surface area contributed by atoms with Crippen LogP contribution in [0.2, 0.25) is 0 Å². The number of piperidine rings is 1. The van der Waals surface area contributed by atoms with Crippen LogP contribution < -0.4 is 0 Å². The van der Waals surface area contributed by atoms with Gasteiger partial charge in [0.05, 0.1) is 22.7 Å². The fourth-order valence-corrected chi connectivity index (χ4v) is 4.65. The summed E-state index contributed by atoms with van der Waals surface area (Å²) in [5, 5.41) is 10.3. The van der Waals surface area contributed by atoms with Crippen molar-refractivity contribution in [2.24, 2.45) is 5.92 Å². The summed E-state index contributed by atoms with van der Waals surface area (Å²) in [6.07, 6.45) is 2.69. The summed E-state index contributed by atoms with van der Waals surface area (Å²) < 4.78 is 11.7. The van der Waals surface area contributed by atoms with E-state index in [9.17, 15) is 9.90 Å². The summed E-state index contributed by atoms with van der Waals surface area (Å²) in [7, 11) is 0. The molecule has 1 aliphatic heterocycles. The lowest BCUT2D eigenvalue weighted by molar-refractivity contribution is -0.0813. The molecule has 3 rings (SSSR count). The smallest absolute Gasteiger partial charge is 0.410 e. The van der Waals surface area contributed by atoms with Crippen LogP contribution in [0.25, 0.3) is 11.0 Å². The Morgan fingerprint density at radius 1 is 1.24 bits per heavy atom. The summed E-state index contributed by atoms with van der Waals surface area (Å²) in [5.41, 5.74) is -0.509. The van der Waals surface area contributed by atoms with Crippen molar-refractivity contribution in [2.75, 3.05) is 6.54 Å². The number of imidazole rings is 1. The summed E-state index contributed by atoms with van der Waals surface area (Å²) in [6, 6.07) is 5.77. The first-order valence-electron chi connectivity index (χ1n) is 11.8. The van der Waals surface area contributed by atoms with E-state index in [1.165, 1.54) is 12.0 Å². The van der Waals surface area contributed by atoms with Crippen molar-refractivity contribution in [3.63, 3.8) is 0 Å². The van der Waals surface area contributed by atoms with E-state index in [1.54, 1.807) is 13.8 Å². The third-order valence-electron chi connectivity index (χ3n) is 6.48. The van der Waals surface area contributed by atoms with Crippen LogP contribution in [0.5, 0.6) is 0 Å². The SMILES string of the molecule is CCC1CCCN(C(=O)OC(C)(C)C)C1c1nc2ccc(SOC(C)(C)C(C)(C)O)cc2[nH]1. The molecule has 1 fully saturated rings. The Morgan fingerprint density at radius 2 is 1.94 bits per heavy atom. The molecule has 33 heavy (non-hydrogen) atoms. The maximum atomic E-state index is 13.0. The zero-order valence-electron chi connectivity index (χ0n) is 21.2. The van der Waals surface area contributed by atoms with Crippen LogP contribution in [-0.4, -0.2) is 49.4 Å². The summed E-state index contributed by atoms with van der Waals surface area (Å²) in [5.74, 6) is 1.11. The van der Waals surface area contributed by atoms with E-state index in [1.807, 2.05) is 57.7 Å². The van der Waals surface area contributed by atoms with Crippen molar-refractivity contribution in [1.82, 2.24) is 14.9 Å². The van der Waals surface area contributed by atoms with Gasteiger partial charge in [0.25, 0.3) is 0 Å². The number of hydrogen-bond acceptors (Lipinski definition) is 6. The number of nitrogens with one attached hydrogen (secondary N) is 1. The Morgan fingerprint density at radius 3 is 2.55 bits per heavy atom. The molecule has 2 heterocycles. The molecule has 1 aromatic carbocycles. The van der Waals surface area contributed by atoms with Gasteiger partial charge in [-0.25, -0.2) is 9.78 Å². The topological polar surface area (TPSA) is 87.7 Å². The van der Waals surface area contributed by atoms with Crippen LogP contribution in [0.3, 0.4) is 0 Å². The number of fused-ring (bicyclic) bond motifs is 1. The number of rotatable bonds is 6. The molecule has 0 saturated carbocycles. The van der Waals surface area contributed by atoms with Crippen molar-refractivity contribution in [2.45, 2.75) is 102 Å². The molecule has 2 N–H and O–H groups in total. The van der Waals surface area contributed by atoms with Gasteiger partial charge < -0.3 is 19.0 Å². The molecule has 7 nitrogen and oxygen atoms in total. The van der Waals surface area contributed by atoms with E-state index in [-0.39, 0.29) is 12.1 Å². The van der Waals surface area contributed by atoms with Crippen LogP contribution in [0.4, 0.5) is 4.79 Å². The summed E-state index contributed by atoms with van der Waals surface area (Å²) in [4.78, 5) is 24.1. The van der Waals surface area contributed by atoms with Gasteiger partial charge in [0.2, 0.25) is 0 Å². The average Bonchev–Trinajstić information content (AvgIpc) is 3.12. The molecule has 2 atom stereocenters. The monoisotopic (exact) mass is 477 g/mol. The number of aliphatic hydroxyl groups is 1. The highest BCUT2D eigenvalue weighted by Crippen LogP contribution is 2.39. The second-order valence-corrected chi connectivity index (χ2v) is 11.8. The van der Waals surface area contributed by atoms with Crippen molar-refractivity contribution >= 4 is 29.2 Å². The zero-order valence-corrected chi connectivity index (χ0v) is 22.0. The molecule has 0 aliphatic carbocycles. The van der Waals surface area contributed by atoms with Gasteiger partial charge in [-0.1, -0.05) is 13.3 Å². The predicted octanol–water partition coefficient (Wildman–Crippen LogP) is 6.23. The fraction of sp³-hybridized carbons (Fsp3) is 0.680. The number of aromatic amines is 1. The maximum Gasteiger partial charge on any atom is 0.410 e. The quantitative estimate of drug-likeness (QED) is 0.479. The average molecular weight is 478 g/mol. The van der Waals surface area contributed by atoms with Gasteiger partial charge in [-0.05, 0) is 85.4 Å². The van der Waals surface area contributed by atoms with E-state index in [0.29, 0.717) is 12.5 Å². The first-order chi connectivity index (χ1) is 15.2. The molecule has 1 amide bonds. The Hall–Kier alpha value is -1.77. The number of H-pyrrole nitrogens is 1. The Balaban J connectivity index is 1.87. The van der Waals surface area contributed by atoms with Gasteiger partial charge in [0, 0.05) is 23.5 Å². The molecule has 1 aromatic heterocycles. The second-order valence-electron chi connectivity index (χ2n) is 11.0. The number of carbonyl (C=O) groups is 1. The minimum absolute atomic E-state index is 0.146. The van der Waals surface area contributed by atoms with Gasteiger partial charge in [0.1, 0.15) is 17.0 Å². The highest BCUT2D eigenvalue weighted by molar-refractivity contribution is 7.94. The van der Waals surface area contributed by atoms with Gasteiger partial charge in [0.15, 0.2) is 0 Å². The Bertz CT molecular complexity index is 974. The largest absolute Gasteiger partial charge is 0.444 e. The normalized spacial score (nSPS) is 20.3. The van der Waals surface area contributed by atoms with Crippen molar-refractivity contribution < 1.29 is 18.8 Å². The number of likely N-dealkylation sites (tertiary alicyclic amines) is 1. The van der Waals surface area contributed by atoms with Crippen molar-refractivity contribution in [3.8, 4) is 0 Å². The van der Waals surface area contributed by atoms with Gasteiger partial charge >= 0.3 is 6.09 Å². The molecule has 0 bridgehead atoms. The fourth-order valence-electron chi connectivity index (χ4n) is 3.85. The molecule has 2 aromatic rings. The maximum absolute atomic E-state index is 13.0.